The van der Waals surface area contributed by atoms with Gasteiger partial charge in [0.2, 0.25) is 5.82 Å². The highest BCUT2D eigenvalue weighted by Gasteiger charge is 2.42. The lowest BCUT2D eigenvalue weighted by molar-refractivity contribution is -0.143. The number of primary amides is 1. The summed E-state index contributed by atoms with van der Waals surface area (Å²) in [6, 6.07) is 0.460. The average molecular weight is 388 g/mol. The zero-order valence-corrected chi connectivity index (χ0v) is 12.4. The van der Waals surface area contributed by atoms with Gasteiger partial charge in [0, 0.05) is 5.56 Å². The number of carbonyl (C=O) groups is 1. The SMILES string of the molecule is NC(=O)C(F)(F)c1cc(-c2c(F)c(F)c(F)c(F)c2F)c(Cl)cc1O. The van der Waals surface area contributed by atoms with Crippen LogP contribution in [-0.2, 0) is 10.7 Å². The molecule has 0 saturated carbocycles. The van der Waals surface area contributed by atoms with E-state index in [1.54, 1.807) is 0 Å². The predicted octanol–water partition coefficient (Wildman–Crippen LogP) is 3.99. The molecule has 2 aromatic carbocycles. The molecule has 3 N–H and O–H groups in total. The van der Waals surface area contributed by atoms with Gasteiger partial charge in [0.15, 0.2) is 23.3 Å². The van der Waals surface area contributed by atoms with Gasteiger partial charge in [-0.05, 0) is 12.1 Å². The lowest BCUT2D eigenvalue weighted by Crippen LogP contribution is -2.33. The molecule has 0 aliphatic rings. The first-order valence-corrected chi connectivity index (χ1v) is 6.51. The van der Waals surface area contributed by atoms with E-state index in [1.165, 1.54) is 0 Å². The van der Waals surface area contributed by atoms with Gasteiger partial charge < -0.3 is 10.8 Å². The van der Waals surface area contributed by atoms with Crippen LogP contribution in [0.15, 0.2) is 12.1 Å². The zero-order valence-electron chi connectivity index (χ0n) is 11.6. The summed E-state index contributed by atoms with van der Waals surface area (Å²) < 4.78 is 94.7. The predicted molar refractivity (Wildman–Crippen MR) is 71.4 cm³/mol. The number of phenolic OH excluding ortho intramolecular Hbond substituents is 1. The number of hydrogen-bond donors (Lipinski definition) is 2. The van der Waals surface area contributed by atoms with Crippen molar-refractivity contribution in [3.05, 3.63) is 51.8 Å². The van der Waals surface area contributed by atoms with Gasteiger partial charge in [0.1, 0.15) is 5.75 Å². The Morgan fingerprint density at radius 3 is 1.84 bits per heavy atom. The molecule has 0 unspecified atom stereocenters. The summed E-state index contributed by atoms with van der Waals surface area (Å²) in [6.07, 6.45) is 0. The van der Waals surface area contributed by atoms with Crippen molar-refractivity contribution in [1.82, 2.24) is 0 Å². The molecule has 2 rings (SSSR count). The molecule has 134 valence electrons. The van der Waals surface area contributed by atoms with Crippen LogP contribution in [-0.4, -0.2) is 11.0 Å². The molecule has 25 heavy (non-hydrogen) atoms. The molecular formula is C14H5ClF7NO2. The fourth-order valence-electron chi connectivity index (χ4n) is 1.98. The molecule has 11 heteroatoms. The van der Waals surface area contributed by atoms with Crippen LogP contribution in [0, 0.1) is 29.1 Å². The Labute approximate surface area is 139 Å². The molecule has 3 nitrogen and oxygen atoms in total. The fraction of sp³-hybridized carbons (Fsp3) is 0.0714. The van der Waals surface area contributed by atoms with Crippen molar-refractivity contribution in [3.8, 4) is 16.9 Å². The van der Waals surface area contributed by atoms with E-state index in [0.717, 1.165) is 0 Å². The number of aromatic hydroxyl groups is 1. The standard InChI is InChI=1S/C14H5ClF7NO2/c15-5-2-6(24)4(14(21,22)13(23)25)1-3(5)7-8(16)10(18)12(20)11(19)9(7)17/h1-2,24H,(H2,23,25). The number of halogens is 8. The smallest absolute Gasteiger partial charge is 0.353 e. The second-order valence-corrected chi connectivity index (χ2v) is 5.14. The maximum absolute atomic E-state index is 13.8. The van der Waals surface area contributed by atoms with Crippen molar-refractivity contribution < 1.29 is 40.6 Å². The maximum Gasteiger partial charge on any atom is 0.353 e. The molecule has 0 aliphatic carbocycles. The second-order valence-electron chi connectivity index (χ2n) is 4.73. The number of benzene rings is 2. The van der Waals surface area contributed by atoms with Crippen LogP contribution < -0.4 is 5.73 Å². The summed E-state index contributed by atoms with van der Waals surface area (Å²) in [5.74, 6) is -19.8. The number of nitrogens with two attached hydrogens (primary N) is 1. The van der Waals surface area contributed by atoms with Crippen molar-refractivity contribution in [3.63, 3.8) is 0 Å². The number of hydrogen-bond acceptors (Lipinski definition) is 2. The van der Waals surface area contributed by atoms with Gasteiger partial charge in [0.05, 0.1) is 16.1 Å². The Kier molecular flexibility index (Phi) is 4.60. The molecule has 0 saturated heterocycles. The van der Waals surface area contributed by atoms with E-state index in [0.29, 0.717) is 6.07 Å². The van der Waals surface area contributed by atoms with Gasteiger partial charge in [-0.1, -0.05) is 11.6 Å². The number of phenols is 1. The lowest BCUT2D eigenvalue weighted by atomic mass is 9.97. The highest BCUT2D eigenvalue weighted by molar-refractivity contribution is 6.33. The summed E-state index contributed by atoms with van der Waals surface area (Å²) in [5.41, 5.74) is 0.275. The fourth-order valence-corrected chi connectivity index (χ4v) is 2.23. The Bertz CT molecular complexity index is 872. The van der Waals surface area contributed by atoms with E-state index >= 15 is 0 Å². The average Bonchev–Trinajstić information content (AvgIpc) is 2.52. The first kappa shape index (κ1) is 18.8. The van der Waals surface area contributed by atoms with Gasteiger partial charge in [0.25, 0.3) is 5.91 Å². The van der Waals surface area contributed by atoms with E-state index < -0.39 is 68.4 Å². The van der Waals surface area contributed by atoms with E-state index in [-0.39, 0.29) is 6.07 Å². The third-order valence-corrected chi connectivity index (χ3v) is 3.52. The van der Waals surface area contributed by atoms with Crippen molar-refractivity contribution in [2.75, 3.05) is 0 Å². The Hall–Kier alpha value is -2.49. The van der Waals surface area contributed by atoms with Crippen molar-refractivity contribution >= 4 is 17.5 Å². The van der Waals surface area contributed by atoms with E-state index in [4.69, 9.17) is 11.6 Å². The van der Waals surface area contributed by atoms with Gasteiger partial charge in [-0.25, -0.2) is 22.0 Å². The summed E-state index contributed by atoms with van der Waals surface area (Å²) in [7, 11) is 0. The van der Waals surface area contributed by atoms with Crippen LogP contribution in [0.3, 0.4) is 0 Å². The van der Waals surface area contributed by atoms with Gasteiger partial charge >= 0.3 is 5.92 Å². The highest BCUT2D eigenvalue weighted by Crippen LogP contribution is 2.43. The van der Waals surface area contributed by atoms with Crippen molar-refractivity contribution in [2.24, 2.45) is 5.73 Å². The molecule has 0 spiro atoms. The molecule has 1 amide bonds. The zero-order chi connectivity index (χ0) is 19.3. The minimum absolute atomic E-state index is 0.112. The van der Waals surface area contributed by atoms with Crippen LogP contribution in [0.4, 0.5) is 30.7 Å². The largest absolute Gasteiger partial charge is 0.507 e. The minimum atomic E-state index is -4.51. The second kappa shape index (κ2) is 6.10. The Morgan fingerprint density at radius 1 is 0.960 bits per heavy atom. The van der Waals surface area contributed by atoms with E-state index in [9.17, 15) is 40.6 Å². The van der Waals surface area contributed by atoms with E-state index in [2.05, 4.69) is 5.73 Å². The number of rotatable bonds is 3. The third kappa shape index (κ3) is 2.86. The monoisotopic (exact) mass is 387 g/mol. The van der Waals surface area contributed by atoms with Gasteiger partial charge in [-0.2, -0.15) is 8.78 Å². The topological polar surface area (TPSA) is 63.3 Å². The van der Waals surface area contributed by atoms with Crippen molar-refractivity contribution in [1.29, 1.82) is 0 Å². The summed E-state index contributed by atoms with van der Waals surface area (Å²) in [6.45, 7) is 0. The summed E-state index contributed by atoms with van der Waals surface area (Å²) >= 11 is 5.56. The molecular weight excluding hydrogens is 383 g/mol. The van der Waals surface area contributed by atoms with Crippen LogP contribution >= 0.6 is 11.6 Å². The summed E-state index contributed by atoms with van der Waals surface area (Å²) in [4.78, 5) is 10.8. The first-order valence-electron chi connectivity index (χ1n) is 6.13. The molecule has 0 heterocycles. The van der Waals surface area contributed by atoms with Crippen LogP contribution in [0.2, 0.25) is 5.02 Å². The molecule has 0 fully saturated rings. The lowest BCUT2D eigenvalue weighted by Gasteiger charge is -2.17. The van der Waals surface area contributed by atoms with E-state index in [1.807, 2.05) is 0 Å². The summed E-state index contributed by atoms with van der Waals surface area (Å²) in [5, 5.41) is 8.66. The quantitative estimate of drug-likeness (QED) is 0.475. The van der Waals surface area contributed by atoms with Crippen molar-refractivity contribution in [2.45, 2.75) is 5.92 Å². The number of carbonyl (C=O) groups excluding carboxylic acids is 1. The molecule has 0 radical (unpaired) electrons. The van der Waals surface area contributed by atoms with Gasteiger partial charge in [-0.3, -0.25) is 4.79 Å². The molecule has 0 aromatic heterocycles. The van der Waals surface area contributed by atoms with Crippen LogP contribution in [0.25, 0.3) is 11.1 Å². The van der Waals surface area contributed by atoms with Crippen LogP contribution in [0.1, 0.15) is 5.56 Å². The number of alkyl halides is 2. The van der Waals surface area contributed by atoms with Gasteiger partial charge in [-0.15, -0.1) is 0 Å². The third-order valence-electron chi connectivity index (χ3n) is 3.21. The van der Waals surface area contributed by atoms with Crippen LogP contribution in [0.5, 0.6) is 5.75 Å². The maximum atomic E-state index is 13.8. The number of amides is 1. The minimum Gasteiger partial charge on any atom is -0.507 e. The molecule has 0 bridgehead atoms. The first-order chi connectivity index (χ1) is 11.4. The molecule has 0 atom stereocenters. The molecule has 0 aliphatic heterocycles. The Morgan fingerprint density at radius 2 is 1.40 bits per heavy atom. The Balaban J connectivity index is 2.89. The highest BCUT2D eigenvalue weighted by atomic mass is 35.5. The normalized spacial score (nSPS) is 11.7. The molecule has 2 aromatic rings.